The number of nitrogens with one attached hydrogen (secondary N) is 1. The fourth-order valence-corrected chi connectivity index (χ4v) is 2.82. The molecule has 0 aliphatic rings. The molecule has 0 atom stereocenters. The maximum Gasteiger partial charge on any atom is 0.335 e. The van der Waals surface area contributed by atoms with Crippen molar-refractivity contribution in [3.63, 3.8) is 0 Å². The molecule has 2 N–H and O–H groups in total. The van der Waals surface area contributed by atoms with Gasteiger partial charge in [-0.1, -0.05) is 17.7 Å². The van der Waals surface area contributed by atoms with Gasteiger partial charge in [-0.25, -0.2) is 13.6 Å². The van der Waals surface area contributed by atoms with E-state index < -0.39 is 24.2 Å². The number of hydrogen-bond donors (Lipinski definition) is 2. The van der Waals surface area contributed by atoms with E-state index in [9.17, 15) is 13.6 Å². The average Bonchev–Trinajstić information content (AvgIpc) is 3.08. The van der Waals surface area contributed by atoms with Crippen molar-refractivity contribution in [1.82, 2.24) is 15.0 Å². The highest BCUT2D eigenvalue weighted by Crippen LogP contribution is 2.29. The van der Waals surface area contributed by atoms with Crippen LogP contribution in [0.3, 0.4) is 0 Å². The number of aromatic carboxylic acids is 1. The van der Waals surface area contributed by atoms with Crippen molar-refractivity contribution in [2.75, 3.05) is 0 Å². The molecular formula is C20H12ClF2N3O4. The summed E-state index contributed by atoms with van der Waals surface area (Å²) in [6, 6.07) is 10.8. The third-order valence-corrected chi connectivity index (χ3v) is 4.37. The van der Waals surface area contributed by atoms with E-state index in [-0.39, 0.29) is 33.7 Å². The number of pyridine rings is 1. The SMILES string of the molecule is O=C(O)c1ccc(Oc2nc3nc(OCc4c(F)cccc4F)c(Cl)cc3[nH]2)cc1. The van der Waals surface area contributed by atoms with E-state index in [0.29, 0.717) is 11.3 Å². The molecule has 2 aromatic heterocycles. The molecule has 152 valence electrons. The number of ether oxygens (including phenoxy) is 2. The van der Waals surface area contributed by atoms with Crippen LogP contribution in [-0.2, 0) is 6.61 Å². The number of H-pyrrole nitrogens is 1. The van der Waals surface area contributed by atoms with E-state index in [0.717, 1.165) is 12.1 Å². The smallest absolute Gasteiger partial charge is 0.335 e. The first-order valence-electron chi connectivity index (χ1n) is 8.54. The zero-order chi connectivity index (χ0) is 21.3. The van der Waals surface area contributed by atoms with Crippen molar-refractivity contribution >= 4 is 28.7 Å². The topological polar surface area (TPSA) is 97.3 Å². The van der Waals surface area contributed by atoms with Crippen molar-refractivity contribution in [2.45, 2.75) is 6.61 Å². The fraction of sp³-hybridized carbons (Fsp3) is 0.0500. The van der Waals surface area contributed by atoms with Gasteiger partial charge in [0.05, 0.1) is 16.6 Å². The first-order valence-corrected chi connectivity index (χ1v) is 8.91. The maximum atomic E-state index is 13.7. The Labute approximate surface area is 172 Å². The Balaban J connectivity index is 1.54. The fourth-order valence-electron chi connectivity index (χ4n) is 2.62. The number of carboxylic acid groups (broad SMARTS) is 1. The molecule has 0 fully saturated rings. The zero-order valence-electron chi connectivity index (χ0n) is 15.0. The summed E-state index contributed by atoms with van der Waals surface area (Å²) in [5.74, 6) is -2.22. The largest absolute Gasteiger partial charge is 0.478 e. The van der Waals surface area contributed by atoms with E-state index in [1.54, 1.807) is 0 Å². The second-order valence-corrected chi connectivity index (χ2v) is 6.52. The molecule has 0 saturated heterocycles. The van der Waals surface area contributed by atoms with Crippen LogP contribution >= 0.6 is 11.6 Å². The number of halogens is 3. The lowest BCUT2D eigenvalue weighted by molar-refractivity contribution is 0.0697. The van der Waals surface area contributed by atoms with Crippen molar-refractivity contribution < 1.29 is 28.2 Å². The second-order valence-electron chi connectivity index (χ2n) is 6.11. The van der Waals surface area contributed by atoms with Crippen LogP contribution in [0.2, 0.25) is 5.02 Å². The molecule has 7 nitrogen and oxygen atoms in total. The number of nitrogens with zero attached hydrogens (tertiary/aromatic N) is 2. The Bertz CT molecular complexity index is 1220. The first kappa shape index (κ1) is 19.6. The summed E-state index contributed by atoms with van der Waals surface area (Å²) in [5.41, 5.74) is 0.530. The zero-order valence-corrected chi connectivity index (χ0v) is 15.8. The molecule has 0 radical (unpaired) electrons. The minimum absolute atomic E-state index is 0.0457. The molecule has 4 rings (SSSR count). The molecule has 30 heavy (non-hydrogen) atoms. The first-order chi connectivity index (χ1) is 14.4. The van der Waals surface area contributed by atoms with Crippen LogP contribution < -0.4 is 9.47 Å². The van der Waals surface area contributed by atoms with E-state index in [4.69, 9.17) is 26.2 Å². The molecule has 0 unspecified atom stereocenters. The normalized spacial score (nSPS) is 10.9. The van der Waals surface area contributed by atoms with Crippen LogP contribution in [0.25, 0.3) is 11.2 Å². The molecule has 0 amide bonds. The highest BCUT2D eigenvalue weighted by molar-refractivity contribution is 6.32. The number of fused-ring (bicyclic) bond motifs is 1. The van der Waals surface area contributed by atoms with E-state index >= 15 is 0 Å². The predicted molar refractivity (Wildman–Crippen MR) is 103 cm³/mol. The summed E-state index contributed by atoms with van der Waals surface area (Å²) in [6.45, 7) is -0.402. The van der Waals surface area contributed by atoms with Gasteiger partial charge in [-0.2, -0.15) is 9.97 Å². The number of aromatic amines is 1. The van der Waals surface area contributed by atoms with Gasteiger partial charge in [0.2, 0.25) is 5.88 Å². The lowest BCUT2D eigenvalue weighted by Crippen LogP contribution is -2.03. The number of rotatable bonds is 6. The van der Waals surface area contributed by atoms with Gasteiger partial charge in [-0.3, -0.25) is 0 Å². The van der Waals surface area contributed by atoms with Gasteiger partial charge in [0.25, 0.3) is 0 Å². The van der Waals surface area contributed by atoms with Crippen molar-refractivity contribution in [1.29, 1.82) is 0 Å². The van der Waals surface area contributed by atoms with E-state index in [2.05, 4.69) is 15.0 Å². The van der Waals surface area contributed by atoms with Gasteiger partial charge in [-0.05, 0) is 42.5 Å². The summed E-state index contributed by atoms with van der Waals surface area (Å²) >= 11 is 6.15. The number of carboxylic acids is 1. The predicted octanol–water partition coefficient (Wildman–Crippen LogP) is 4.96. The molecule has 10 heteroatoms. The van der Waals surface area contributed by atoms with Gasteiger partial charge in [0, 0.05) is 0 Å². The molecule has 4 aromatic rings. The molecule has 0 saturated carbocycles. The molecular weight excluding hydrogens is 420 g/mol. The minimum atomic E-state index is -1.05. The molecule has 0 aliphatic heterocycles. The monoisotopic (exact) mass is 431 g/mol. The van der Waals surface area contributed by atoms with Gasteiger partial charge in [0.1, 0.15) is 29.0 Å². The highest BCUT2D eigenvalue weighted by atomic mass is 35.5. The third kappa shape index (κ3) is 4.01. The van der Waals surface area contributed by atoms with E-state index in [1.807, 2.05) is 0 Å². The van der Waals surface area contributed by atoms with Crippen molar-refractivity contribution in [3.05, 3.63) is 76.3 Å². The lowest BCUT2D eigenvalue weighted by atomic mass is 10.2. The molecule has 2 heterocycles. The maximum absolute atomic E-state index is 13.7. The van der Waals surface area contributed by atoms with Gasteiger partial charge in [-0.15, -0.1) is 0 Å². The highest BCUT2D eigenvalue weighted by Gasteiger charge is 2.15. The Morgan fingerprint density at radius 3 is 2.47 bits per heavy atom. The Kier molecular flexibility index (Phi) is 5.20. The van der Waals surface area contributed by atoms with Gasteiger partial charge >= 0.3 is 12.0 Å². The summed E-state index contributed by atoms with van der Waals surface area (Å²) in [7, 11) is 0. The second kappa shape index (κ2) is 7.96. The summed E-state index contributed by atoms with van der Waals surface area (Å²) in [6.07, 6.45) is 0. The third-order valence-electron chi connectivity index (χ3n) is 4.10. The summed E-state index contributed by atoms with van der Waals surface area (Å²) in [5, 5.41) is 9.04. The van der Waals surface area contributed by atoms with Gasteiger partial charge in [0.15, 0.2) is 5.65 Å². The van der Waals surface area contributed by atoms with Crippen LogP contribution in [0.4, 0.5) is 8.78 Å². The molecule has 0 aliphatic carbocycles. The van der Waals surface area contributed by atoms with Gasteiger partial charge < -0.3 is 19.6 Å². The Morgan fingerprint density at radius 1 is 1.10 bits per heavy atom. The van der Waals surface area contributed by atoms with E-state index in [1.165, 1.54) is 36.4 Å². The number of carbonyl (C=O) groups is 1. The Hall–Kier alpha value is -3.72. The standard InChI is InChI=1S/C20H12ClF2N3O4/c21-13-8-16-17(25-18(13)29-9-12-14(22)2-1-3-15(12)23)26-20(24-16)30-11-6-4-10(5-7-11)19(27)28/h1-8H,9H2,(H,27,28)(H,24,25,26). The van der Waals surface area contributed by atoms with Crippen molar-refractivity contribution in [2.24, 2.45) is 0 Å². The average molecular weight is 432 g/mol. The minimum Gasteiger partial charge on any atom is -0.478 e. The number of imidazole rings is 1. The van der Waals surface area contributed by atoms with Crippen LogP contribution in [0.15, 0.2) is 48.5 Å². The number of hydrogen-bond acceptors (Lipinski definition) is 5. The molecule has 0 spiro atoms. The molecule has 0 bridgehead atoms. The summed E-state index contributed by atoms with van der Waals surface area (Å²) in [4.78, 5) is 22.1. The van der Waals surface area contributed by atoms with Crippen LogP contribution in [-0.4, -0.2) is 26.0 Å². The van der Waals surface area contributed by atoms with Crippen LogP contribution in [0, 0.1) is 11.6 Å². The number of benzene rings is 2. The Morgan fingerprint density at radius 2 is 1.80 bits per heavy atom. The summed E-state index contributed by atoms with van der Waals surface area (Å²) < 4.78 is 38.4. The lowest BCUT2D eigenvalue weighted by Gasteiger charge is -2.08. The molecule has 2 aromatic carbocycles. The van der Waals surface area contributed by atoms with Crippen LogP contribution in [0.5, 0.6) is 17.6 Å². The number of aromatic nitrogens is 3. The quantitative estimate of drug-likeness (QED) is 0.448. The van der Waals surface area contributed by atoms with Crippen LogP contribution in [0.1, 0.15) is 15.9 Å². The van der Waals surface area contributed by atoms with Crippen molar-refractivity contribution in [3.8, 4) is 17.6 Å².